The van der Waals surface area contributed by atoms with Crippen LogP contribution in [0, 0.1) is 0 Å². The molecule has 134 valence electrons. The Morgan fingerprint density at radius 3 is 1.93 bits per heavy atom. The first-order valence-corrected chi connectivity index (χ1v) is 8.05. The second-order valence-electron chi connectivity index (χ2n) is 5.61. The summed E-state index contributed by atoms with van der Waals surface area (Å²) >= 11 is 0. The zero-order chi connectivity index (χ0) is 19.2. The van der Waals surface area contributed by atoms with Crippen molar-refractivity contribution in [3.63, 3.8) is 0 Å². The van der Waals surface area contributed by atoms with Gasteiger partial charge in [-0.3, -0.25) is 4.79 Å². The Morgan fingerprint density at radius 1 is 0.704 bits per heavy atom. The van der Waals surface area contributed by atoms with E-state index in [1.165, 1.54) is 24.3 Å². The number of aromatic carboxylic acids is 1. The summed E-state index contributed by atoms with van der Waals surface area (Å²) in [6.45, 7) is 0. The van der Waals surface area contributed by atoms with Crippen LogP contribution in [0.3, 0.4) is 0 Å². The van der Waals surface area contributed by atoms with Crippen molar-refractivity contribution >= 4 is 23.4 Å². The molecule has 0 heterocycles. The van der Waals surface area contributed by atoms with Crippen LogP contribution in [-0.4, -0.2) is 22.8 Å². The lowest BCUT2D eigenvalue weighted by Crippen LogP contribution is -2.11. The van der Waals surface area contributed by atoms with Crippen LogP contribution in [0.1, 0.15) is 36.6 Å². The number of hydrogen-bond donors (Lipinski definition) is 2. The summed E-state index contributed by atoms with van der Waals surface area (Å²) in [5.74, 6) is -2.10. The van der Waals surface area contributed by atoms with Crippen molar-refractivity contribution in [1.82, 2.24) is 0 Å². The number of ketones is 1. The van der Waals surface area contributed by atoms with Crippen LogP contribution in [0.2, 0.25) is 0 Å². The highest BCUT2D eigenvalue weighted by Crippen LogP contribution is 2.17. The van der Waals surface area contributed by atoms with Gasteiger partial charge in [0.25, 0.3) is 0 Å². The summed E-state index contributed by atoms with van der Waals surface area (Å²) in [5.41, 5.74) is 3.78. The van der Waals surface area contributed by atoms with E-state index in [0.717, 1.165) is 0 Å². The molecule has 6 nitrogen and oxygen atoms in total. The normalized spacial score (nSPS) is 10.1. The Morgan fingerprint density at radius 2 is 1.30 bits per heavy atom. The smallest absolute Gasteiger partial charge is 0.362 e. The number of benzene rings is 3. The van der Waals surface area contributed by atoms with E-state index < -0.39 is 17.7 Å². The fourth-order valence-corrected chi connectivity index (χ4v) is 2.45. The molecule has 2 N–H and O–H groups in total. The zero-order valence-corrected chi connectivity index (χ0v) is 14.1. The largest absolute Gasteiger partial charge is 0.478 e. The van der Waals surface area contributed by atoms with Gasteiger partial charge in [0.05, 0.1) is 16.8 Å². The number of carboxylic acid groups (broad SMARTS) is 1. The number of carboxylic acids is 1. The molecule has 3 aromatic carbocycles. The van der Waals surface area contributed by atoms with Gasteiger partial charge in [-0.25, -0.2) is 15.1 Å². The molecule has 3 rings (SSSR count). The Balaban J connectivity index is 1.70. The topological polar surface area (TPSA) is 92.7 Å². The van der Waals surface area contributed by atoms with Gasteiger partial charge >= 0.3 is 11.9 Å². The SMILES string of the molecule is O=C(ONc1ccc(C(=O)c2ccccc2C(=O)O)cc1)c1ccccc1. The van der Waals surface area contributed by atoms with E-state index in [-0.39, 0.29) is 11.1 Å². The minimum Gasteiger partial charge on any atom is -0.478 e. The fraction of sp³-hybridized carbons (Fsp3) is 0. The van der Waals surface area contributed by atoms with E-state index in [1.807, 2.05) is 0 Å². The minimum absolute atomic E-state index is 0.0542. The summed E-state index contributed by atoms with van der Waals surface area (Å²) < 4.78 is 0. The first-order valence-electron chi connectivity index (χ1n) is 8.05. The lowest BCUT2D eigenvalue weighted by Gasteiger charge is -2.08. The van der Waals surface area contributed by atoms with Crippen molar-refractivity contribution < 1.29 is 24.3 Å². The highest BCUT2D eigenvalue weighted by Gasteiger charge is 2.17. The van der Waals surface area contributed by atoms with E-state index in [4.69, 9.17) is 4.84 Å². The van der Waals surface area contributed by atoms with Crippen LogP contribution in [-0.2, 0) is 4.84 Å². The molecule has 0 amide bonds. The van der Waals surface area contributed by atoms with Crippen molar-refractivity contribution in [2.45, 2.75) is 0 Å². The number of hydrogen-bond acceptors (Lipinski definition) is 5. The summed E-state index contributed by atoms with van der Waals surface area (Å²) in [7, 11) is 0. The fourth-order valence-electron chi connectivity index (χ4n) is 2.45. The van der Waals surface area contributed by atoms with Gasteiger partial charge in [-0.1, -0.05) is 36.4 Å². The molecule has 0 atom stereocenters. The van der Waals surface area contributed by atoms with Crippen LogP contribution < -0.4 is 5.48 Å². The van der Waals surface area contributed by atoms with Gasteiger partial charge in [-0.15, -0.1) is 0 Å². The molecule has 0 bridgehead atoms. The molecule has 0 fully saturated rings. The van der Waals surface area contributed by atoms with Crippen LogP contribution >= 0.6 is 0 Å². The third-order valence-corrected chi connectivity index (χ3v) is 3.82. The average molecular weight is 361 g/mol. The van der Waals surface area contributed by atoms with E-state index in [1.54, 1.807) is 54.6 Å². The van der Waals surface area contributed by atoms with Gasteiger partial charge in [-0.2, -0.15) is 0 Å². The van der Waals surface area contributed by atoms with Crippen molar-refractivity contribution in [2.24, 2.45) is 0 Å². The summed E-state index contributed by atoms with van der Waals surface area (Å²) in [4.78, 5) is 40.7. The van der Waals surface area contributed by atoms with E-state index >= 15 is 0 Å². The number of anilines is 1. The van der Waals surface area contributed by atoms with Crippen molar-refractivity contribution in [2.75, 3.05) is 5.48 Å². The maximum atomic E-state index is 12.6. The molecule has 0 saturated heterocycles. The lowest BCUT2D eigenvalue weighted by atomic mass is 9.98. The zero-order valence-electron chi connectivity index (χ0n) is 14.1. The van der Waals surface area contributed by atoms with Gasteiger partial charge in [0.1, 0.15) is 0 Å². The third-order valence-electron chi connectivity index (χ3n) is 3.82. The Bertz CT molecular complexity index is 981. The molecular formula is C21H15NO5. The minimum atomic E-state index is -1.16. The third kappa shape index (κ3) is 4.19. The first-order chi connectivity index (χ1) is 13.1. The van der Waals surface area contributed by atoms with Crippen LogP contribution in [0.5, 0.6) is 0 Å². The quantitative estimate of drug-likeness (QED) is 0.512. The second-order valence-corrected chi connectivity index (χ2v) is 5.61. The maximum absolute atomic E-state index is 12.6. The number of carbonyl (C=O) groups is 3. The summed E-state index contributed by atoms with van der Waals surface area (Å²) in [6, 6.07) is 20.7. The van der Waals surface area contributed by atoms with Crippen molar-refractivity contribution in [1.29, 1.82) is 0 Å². The van der Waals surface area contributed by atoms with E-state index in [9.17, 15) is 19.5 Å². The first kappa shape index (κ1) is 17.9. The highest BCUT2D eigenvalue weighted by molar-refractivity contribution is 6.14. The molecule has 0 aliphatic heterocycles. The van der Waals surface area contributed by atoms with Crippen LogP contribution in [0.25, 0.3) is 0 Å². The summed E-state index contributed by atoms with van der Waals surface area (Å²) in [6.07, 6.45) is 0. The van der Waals surface area contributed by atoms with Crippen LogP contribution in [0.15, 0.2) is 78.9 Å². The number of carbonyl (C=O) groups excluding carboxylic acids is 2. The Kier molecular flexibility index (Phi) is 5.28. The van der Waals surface area contributed by atoms with Crippen LogP contribution in [0.4, 0.5) is 5.69 Å². The predicted octanol–water partition coefficient (Wildman–Crippen LogP) is 3.80. The summed E-state index contributed by atoms with van der Waals surface area (Å²) in [5, 5.41) is 9.21. The van der Waals surface area contributed by atoms with Gasteiger partial charge < -0.3 is 9.94 Å². The van der Waals surface area contributed by atoms with Gasteiger partial charge in [0.15, 0.2) is 5.78 Å². The highest BCUT2D eigenvalue weighted by atomic mass is 16.7. The lowest BCUT2D eigenvalue weighted by molar-refractivity contribution is 0.0595. The van der Waals surface area contributed by atoms with E-state index in [2.05, 4.69) is 5.48 Å². The molecule has 0 radical (unpaired) electrons. The molecule has 6 heteroatoms. The monoisotopic (exact) mass is 361 g/mol. The standard InChI is InChI=1S/C21H15NO5/c23-19(17-8-4-5-9-18(17)20(24)25)14-10-12-16(13-11-14)22-27-21(26)15-6-2-1-3-7-15/h1-13,22H,(H,24,25). The van der Waals surface area contributed by atoms with Crippen molar-refractivity contribution in [3.8, 4) is 0 Å². The molecule has 0 aliphatic carbocycles. The van der Waals surface area contributed by atoms with Gasteiger partial charge in [-0.05, 0) is 42.5 Å². The van der Waals surface area contributed by atoms with Gasteiger partial charge in [0.2, 0.25) is 0 Å². The number of nitrogens with one attached hydrogen (secondary N) is 1. The Hall–Kier alpha value is -3.93. The molecule has 0 unspecified atom stereocenters. The molecule has 0 aliphatic rings. The predicted molar refractivity (Wildman–Crippen MR) is 98.8 cm³/mol. The van der Waals surface area contributed by atoms with E-state index in [0.29, 0.717) is 16.8 Å². The molecule has 27 heavy (non-hydrogen) atoms. The van der Waals surface area contributed by atoms with Crippen molar-refractivity contribution in [3.05, 3.63) is 101 Å². The second kappa shape index (κ2) is 7.97. The molecule has 3 aromatic rings. The maximum Gasteiger partial charge on any atom is 0.362 e. The van der Waals surface area contributed by atoms with Gasteiger partial charge in [0, 0.05) is 11.1 Å². The average Bonchev–Trinajstić information content (AvgIpc) is 2.72. The molecule has 0 spiro atoms. The Labute approximate surface area is 155 Å². The molecule has 0 aromatic heterocycles. The molecule has 0 saturated carbocycles. The number of rotatable bonds is 6. The molecular weight excluding hydrogens is 346 g/mol.